The van der Waals surface area contributed by atoms with E-state index in [0.717, 1.165) is 38.1 Å². The van der Waals surface area contributed by atoms with Gasteiger partial charge >= 0.3 is 17.4 Å². The summed E-state index contributed by atoms with van der Waals surface area (Å²) in [5.41, 5.74) is 4.00. The van der Waals surface area contributed by atoms with Crippen LogP contribution in [0.25, 0.3) is 11.1 Å². The molecule has 0 aliphatic rings. The van der Waals surface area contributed by atoms with Crippen molar-refractivity contribution in [3.63, 3.8) is 0 Å². The summed E-state index contributed by atoms with van der Waals surface area (Å²) in [7, 11) is 0. The summed E-state index contributed by atoms with van der Waals surface area (Å²) < 4.78 is 17.4. The molecule has 4 rings (SSSR count). The maximum atomic E-state index is 11.6. The number of nitrogens with one attached hydrogen (secondary N) is 1. The van der Waals surface area contributed by atoms with Crippen LogP contribution in [0.1, 0.15) is 36.1 Å². The molecule has 37 heavy (non-hydrogen) atoms. The van der Waals surface area contributed by atoms with E-state index in [2.05, 4.69) is 4.98 Å². The van der Waals surface area contributed by atoms with E-state index >= 15 is 0 Å². The lowest BCUT2D eigenvalue weighted by Gasteiger charge is -2.22. The summed E-state index contributed by atoms with van der Waals surface area (Å²) in [6.45, 7) is 7.53. The zero-order valence-electron chi connectivity index (χ0n) is 21.0. The van der Waals surface area contributed by atoms with E-state index in [0.29, 0.717) is 18.1 Å². The number of aliphatic carboxylic acids is 1. The Balaban J connectivity index is 1.46. The third-order valence-electron chi connectivity index (χ3n) is 6.09. The largest absolute Gasteiger partial charge is 0.489 e. The lowest BCUT2D eigenvalue weighted by atomic mass is 9.93. The minimum absolute atomic E-state index is 0.135. The lowest BCUT2D eigenvalue weighted by Crippen LogP contribution is -2.37. The van der Waals surface area contributed by atoms with Gasteiger partial charge in [0.25, 0.3) is 0 Å². The van der Waals surface area contributed by atoms with Crippen molar-refractivity contribution >= 4 is 5.97 Å². The van der Waals surface area contributed by atoms with Gasteiger partial charge in [-0.25, -0.2) is 19.4 Å². The van der Waals surface area contributed by atoms with Crippen LogP contribution < -0.4 is 20.9 Å². The Morgan fingerprint density at radius 1 is 1.00 bits per heavy atom. The van der Waals surface area contributed by atoms with Crippen LogP contribution in [0.5, 0.6) is 11.5 Å². The summed E-state index contributed by atoms with van der Waals surface area (Å²) in [5.74, 6) is -0.658. The predicted octanol–water partition coefficient (Wildman–Crippen LogP) is 4.28. The molecule has 192 valence electrons. The second-order valence-electron chi connectivity index (χ2n) is 9.26. The Kier molecular flexibility index (Phi) is 7.06. The van der Waals surface area contributed by atoms with Crippen molar-refractivity contribution in [1.29, 1.82) is 0 Å². The fourth-order valence-electron chi connectivity index (χ4n) is 3.91. The number of H-pyrrole nitrogens is 1. The first-order valence-electron chi connectivity index (χ1n) is 11.7. The first-order valence-corrected chi connectivity index (χ1v) is 11.7. The number of ether oxygens (including phenoxy) is 2. The van der Waals surface area contributed by atoms with Gasteiger partial charge in [0.2, 0.25) is 0 Å². The third kappa shape index (κ3) is 5.83. The highest BCUT2D eigenvalue weighted by Gasteiger charge is 2.29. The second-order valence-corrected chi connectivity index (χ2v) is 9.26. The molecule has 0 unspecified atom stereocenters. The minimum Gasteiger partial charge on any atom is -0.489 e. The van der Waals surface area contributed by atoms with Crippen molar-refractivity contribution in [3.8, 4) is 22.6 Å². The quantitative estimate of drug-likeness (QED) is 0.349. The minimum atomic E-state index is -1.32. The highest BCUT2D eigenvalue weighted by atomic mass is 16.5. The number of benzene rings is 3. The van der Waals surface area contributed by atoms with Crippen molar-refractivity contribution in [2.24, 2.45) is 0 Å². The molecule has 9 nitrogen and oxygen atoms in total. The molecule has 0 spiro atoms. The van der Waals surface area contributed by atoms with Crippen LogP contribution in [-0.4, -0.2) is 26.4 Å². The number of carbonyl (C=O) groups is 1. The van der Waals surface area contributed by atoms with Gasteiger partial charge in [0.05, 0.1) is 6.54 Å². The summed E-state index contributed by atoms with van der Waals surface area (Å²) >= 11 is 0. The van der Waals surface area contributed by atoms with E-state index in [-0.39, 0.29) is 6.54 Å². The molecule has 0 fully saturated rings. The van der Waals surface area contributed by atoms with Gasteiger partial charge in [-0.2, -0.15) is 0 Å². The second kappa shape index (κ2) is 10.2. The van der Waals surface area contributed by atoms with Gasteiger partial charge in [0.1, 0.15) is 18.1 Å². The number of aryl methyl sites for hydroxylation is 1. The lowest BCUT2D eigenvalue weighted by molar-refractivity contribution is -0.152. The van der Waals surface area contributed by atoms with Crippen LogP contribution in [0.3, 0.4) is 0 Å². The molecule has 0 bridgehead atoms. The van der Waals surface area contributed by atoms with Gasteiger partial charge in [0.15, 0.2) is 5.60 Å². The van der Waals surface area contributed by atoms with Gasteiger partial charge in [-0.1, -0.05) is 36.4 Å². The fourth-order valence-corrected chi connectivity index (χ4v) is 3.91. The average molecular weight is 505 g/mol. The number of aromatic nitrogens is 2. The van der Waals surface area contributed by atoms with Gasteiger partial charge in [-0.05, 0) is 85.3 Å². The van der Waals surface area contributed by atoms with Crippen LogP contribution in [0, 0.1) is 13.8 Å². The van der Waals surface area contributed by atoms with E-state index in [4.69, 9.17) is 14.0 Å². The molecular formula is C28H28N2O7. The summed E-state index contributed by atoms with van der Waals surface area (Å²) in [6.07, 6.45) is 0. The van der Waals surface area contributed by atoms with Gasteiger partial charge in [-0.3, -0.25) is 0 Å². The molecule has 0 saturated heterocycles. The number of rotatable bonds is 9. The summed E-state index contributed by atoms with van der Waals surface area (Å²) in [4.78, 5) is 36.2. The van der Waals surface area contributed by atoms with Crippen LogP contribution >= 0.6 is 0 Å². The molecule has 0 radical (unpaired) electrons. The molecular weight excluding hydrogens is 476 g/mol. The zero-order valence-corrected chi connectivity index (χ0v) is 21.0. The van der Waals surface area contributed by atoms with Crippen LogP contribution in [0.4, 0.5) is 0 Å². The maximum absolute atomic E-state index is 11.6. The van der Waals surface area contributed by atoms with Gasteiger partial charge < -0.3 is 19.1 Å². The fraction of sp³-hybridized carbons (Fsp3) is 0.250. The molecule has 0 amide bonds. The molecule has 2 N–H and O–H groups in total. The zero-order chi connectivity index (χ0) is 26.7. The van der Waals surface area contributed by atoms with Crippen molar-refractivity contribution in [2.75, 3.05) is 0 Å². The van der Waals surface area contributed by atoms with Crippen LogP contribution in [-0.2, 0) is 17.9 Å². The molecule has 0 aliphatic carbocycles. The van der Waals surface area contributed by atoms with Gasteiger partial charge in [0, 0.05) is 0 Å². The van der Waals surface area contributed by atoms with E-state index in [9.17, 15) is 19.5 Å². The molecule has 4 aromatic rings. The Bertz CT molecular complexity index is 1540. The molecule has 9 heteroatoms. The normalized spacial score (nSPS) is 11.4. The average Bonchev–Trinajstić information content (AvgIpc) is 3.15. The topological polar surface area (TPSA) is 124 Å². The summed E-state index contributed by atoms with van der Waals surface area (Å²) in [5, 5.41) is 9.32. The standard InChI is InChI=1S/C28H28N2O7/c1-17-14-22(36-28(3,4)25(31)32)12-13-23(17)24-7-5-6-20(18(24)2)16-35-21-10-8-19(9-11-21)15-30-26(33)29-27(34)37-30/h5-14H,15-16H2,1-4H3,(H,31,32)(H,29,33,34). The van der Waals surface area contributed by atoms with Crippen molar-refractivity contribution in [2.45, 2.75) is 46.4 Å². The number of hydrogen-bond donors (Lipinski definition) is 2. The monoisotopic (exact) mass is 504 g/mol. The molecule has 1 heterocycles. The van der Waals surface area contributed by atoms with Crippen LogP contribution in [0.15, 0.2) is 74.8 Å². The number of nitrogens with zero attached hydrogens (tertiary/aromatic N) is 1. The number of hydrogen-bond acceptors (Lipinski definition) is 6. The maximum Gasteiger partial charge on any atom is 0.440 e. The molecule has 0 saturated carbocycles. The molecule has 0 aliphatic heterocycles. The first-order chi connectivity index (χ1) is 17.5. The smallest absolute Gasteiger partial charge is 0.440 e. The highest BCUT2D eigenvalue weighted by molar-refractivity contribution is 5.77. The molecule has 0 atom stereocenters. The van der Waals surface area contributed by atoms with Crippen molar-refractivity contribution in [1.82, 2.24) is 9.72 Å². The Morgan fingerprint density at radius 3 is 2.32 bits per heavy atom. The van der Waals surface area contributed by atoms with E-state index in [1.807, 2.05) is 44.2 Å². The number of carboxylic acids is 1. The number of carboxylic acid groups (broad SMARTS) is 1. The van der Waals surface area contributed by atoms with Crippen LogP contribution in [0.2, 0.25) is 0 Å². The Hall–Kier alpha value is -4.53. The van der Waals surface area contributed by atoms with E-state index < -0.39 is 23.0 Å². The Morgan fingerprint density at radius 2 is 1.70 bits per heavy atom. The first kappa shape index (κ1) is 25.6. The SMILES string of the molecule is Cc1cc(OC(C)(C)C(=O)O)ccc1-c1cccc(COc2ccc(Cn3oc(=O)[nH]c3=O)cc2)c1C. The number of aromatic amines is 1. The predicted molar refractivity (Wildman–Crippen MR) is 137 cm³/mol. The van der Waals surface area contributed by atoms with Gasteiger partial charge in [-0.15, -0.1) is 4.74 Å². The van der Waals surface area contributed by atoms with E-state index in [1.165, 1.54) is 13.8 Å². The Labute approximate surface area is 212 Å². The van der Waals surface area contributed by atoms with Crippen molar-refractivity contribution < 1.29 is 23.9 Å². The molecule has 3 aromatic carbocycles. The third-order valence-corrected chi connectivity index (χ3v) is 6.09. The highest BCUT2D eigenvalue weighted by Crippen LogP contribution is 2.32. The van der Waals surface area contributed by atoms with E-state index in [1.54, 1.807) is 30.3 Å². The summed E-state index contributed by atoms with van der Waals surface area (Å²) in [6, 6.07) is 18.8. The van der Waals surface area contributed by atoms with Crippen molar-refractivity contribution in [3.05, 3.63) is 104 Å². The molecule has 1 aromatic heterocycles.